The number of hydrogen-bond donors (Lipinski definition) is 3. The third kappa shape index (κ3) is 3.79. The lowest BCUT2D eigenvalue weighted by atomic mass is 10.1. The summed E-state index contributed by atoms with van der Waals surface area (Å²) in [4.78, 5) is 39.9. The van der Waals surface area contributed by atoms with Crippen molar-refractivity contribution in [2.24, 2.45) is 0 Å². The second kappa shape index (κ2) is 7.47. The summed E-state index contributed by atoms with van der Waals surface area (Å²) in [6, 6.07) is 10.7. The van der Waals surface area contributed by atoms with E-state index in [2.05, 4.69) is 10.3 Å². The van der Waals surface area contributed by atoms with E-state index in [1.165, 1.54) is 15.5 Å². The van der Waals surface area contributed by atoms with Crippen molar-refractivity contribution in [1.29, 1.82) is 0 Å². The molecule has 1 saturated heterocycles. The van der Waals surface area contributed by atoms with Crippen LogP contribution in [0.3, 0.4) is 0 Å². The van der Waals surface area contributed by atoms with E-state index < -0.39 is 11.8 Å². The maximum Gasteiger partial charge on any atom is 0.407 e. The van der Waals surface area contributed by atoms with Gasteiger partial charge in [0.2, 0.25) is 0 Å². The van der Waals surface area contributed by atoms with Crippen LogP contribution in [-0.4, -0.2) is 38.7 Å². The molecule has 3 rings (SSSR count). The highest BCUT2D eigenvalue weighted by molar-refractivity contribution is 5.65. The second-order valence-corrected chi connectivity index (χ2v) is 6.47. The minimum atomic E-state index is -0.973. The van der Waals surface area contributed by atoms with Crippen LogP contribution < -0.4 is 16.6 Å². The second-order valence-electron chi connectivity index (χ2n) is 6.47. The zero-order valence-corrected chi connectivity index (χ0v) is 14.5. The Bertz CT molecular complexity index is 851. The van der Waals surface area contributed by atoms with Gasteiger partial charge in [-0.05, 0) is 25.3 Å². The van der Waals surface area contributed by atoms with Crippen LogP contribution in [0.4, 0.5) is 10.6 Å². The van der Waals surface area contributed by atoms with Crippen LogP contribution in [0.5, 0.6) is 0 Å². The SMILES string of the molecule is C[C@H](Nc1cc(=O)n(C2CCN(C(=O)O)CC2)c(=O)[nH]1)c1ccccc1. The van der Waals surface area contributed by atoms with Gasteiger partial charge in [-0.2, -0.15) is 0 Å². The first kappa shape index (κ1) is 17.8. The Morgan fingerprint density at radius 3 is 2.46 bits per heavy atom. The highest BCUT2D eigenvalue weighted by Gasteiger charge is 2.25. The molecule has 1 aromatic heterocycles. The van der Waals surface area contributed by atoms with Crippen molar-refractivity contribution in [3.8, 4) is 0 Å². The molecule has 1 fully saturated rings. The molecule has 2 aromatic rings. The number of carbonyl (C=O) groups is 1. The van der Waals surface area contributed by atoms with E-state index in [0.717, 1.165) is 5.56 Å². The number of anilines is 1. The smallest absolute Gasteiger partial charge is 0.407 e. The zero-order valence-electron chi connectivity index (χ0n) is 14.5. The van der Waals surface area contributed by atoms with Gasteiger partial charge in [-0.15, -0.1) is 0 Å². The Morgan fingerprint density at radius 1 is 1.23 bits per heavy atom. The van der Waals surface area contributed by atoms with Crippen LogP contribution in [0.2, 0.25) is 0 Å². The molecule has 0 aliphatic carbocycles. The molecule has 138 valence electrons. The summed E-state index contributed by atoms with van der Waals surface area (Å²) in [5.74, 6) is 0.371. The summed E-state index contributed by atoms with van der Waals surface area (Å²) >= 11 is 0. The van der Waals surface area contributed by atoms with E-state index in [0.29, 0.717) is 31.7 Å². The van der Waals surface area contributed by atoms with Gasteiger partial charge in [0.15, 0.2) is 0 Å². The Morgan fingerprint density at radius 2 is 1.88 bits per heavy atom. The predicted molar refractivity (Wildman–Crippen MR) is 97.7 cm³/mol. The Hall–Kier alpha value is -3.03. The van der Waals surface area contributed by atoms with Gasteiger partial charge in [0.1, 0.15) is 5.82 Å². The quantitative estimate of drug-likeness (QED) is 0.775. The van der Waals surface area contributed by atoms with Crippen LogP contribution in [0, 0.1) is 0 Å². The number of rotatable bonds is 4. The summed E-state index contributed by atoms with van der Waals surface area (Å²) in [7, 11) is 0. The zero-order chi connectivity index (χ0) is 18.7. The van der Waals surface area contributed by atoms with Gasteiger partial charge < -0.3 is 15.3 Å². The fraction of sp³-hybridized carbons (Fsp3) is 0.389. The van der Waals surface area contributed by atoms with Crippen LogP contribution in [0.15, 0.2) is 46.0 Å². The number of nitrogens with one attached hydrogen (secondary N) is 2. The number of benzene rings is 1. The maximum absolute atomic E-state index is 12.5. The van der Waals surface area contributed by atoms with Crippen molar-refractivity contribution in [2.75, 3.05) is 18.4 Å². The first-order chi connectivity index (χ1) is 12.5. The van der Waals surface area contributed by atoms with E-state index >= 15 is 0 Å². The van der Waals surface area contributed by atoms with Crippen molar-refractivity contribution in [1.82, 2.24) is 14.5 Å². The lowest BCUT2D eigenvalue weighted by Gasteiger charge is -2.30. The van der Waals surface area contributed by atoms with Gasteiger partial charge in [-0.1, -0.05) is 30.3 Å². The third-order valence-electron chi connectivity index (χ3n) is 4.74. The molecule has 0 spiro atoms. The average Bonchev–Trinajstić information content (AvgIpc) is 2.62. The first-order valence-corrected chi connectivity index (χ1v) is 8.61. The van der Waals surface area contributed by atoms with Crippen molar-refractivity contribution >= 4 is 11.9 Å². The largest absolute Gasteiger partial charge is 0.465 e. The molecular weight excluding hydrogens is 336 g/mol. The Kier molecular flexibility index (Phi) is 5.11. The van der Waals surface area contributed by atoms with E-state index in [9.17, 15) is 14.4 Å². The molecule has 0 unspecified atom stereocenters. The van der Waals surface area contributed by atoms with Gasteiger partial charge in [0.25, 0.3) is 5.56 Å². The molecule has 1 atom stereocenters. The van der Waals surface area contributed by atoms with Crippen molar-refractivity contribution in [3.63, 3.8) is 0 Å². The fourth-order valence-electron chi connectivity index (χ4n) is 3.30. The maximum atomic E-state index is 12.5. The van der Waals surface area contributed by atoms with Crippen LogP contribution in [0.25, 0.3) is 0 Å². The Balaban J connectivity index is 1.76. The molecule has 8 heteroatoms. The summed E-state index contributed by atoms with van der Waals surface area (Å²) in [5, 5.41) is 12.1. The normalized spacial score (nSPS) is 16.3. The number of likely N-dealkylation sites (tertiary alicyclic amines) is 1. The molecule has 1 aliphatic rings. The van der Waals surface area contributed by atoms with E-state index in [4.69, 9.17) is 5.11 Å². The molecule has 1 aliphatic heterocycles. The summed E-state index contributed by atoms with van der Waals surface area (Å²) in [5.41, 5.74) is 0.179. The molecule has 0 saturated carbocycles. The average molecular weight is 358 g/mol. The molecule has 26 heavy (non-hydrogen) atoms. The first-order valence-electron chi connectivity index (χ1n) is 8.61. The van der Waals surface area contributed by atoms with Gasteiger partial charge in [-0.25, -0.2) is 9.59 Å². The van der Waals surface area contributed by atoms with Crippen LogP contribution in [-0.2, 0) is 0 Å². The minimum absolute atomic E-state index is 0.0686. The number of nitrogens with zero attached hydrogens (tertiary/aromatic N) is 2. The minimum Gasteiger partial charge on any atom is -0.465 e. The van der Waals surface area contributed by atoms with Gasteiger partial charge in [0.05, 0.1) is 0 Å². The highest BCUT2D eigenvalue weighted by atomic mass is 16.4. The van der Waals surface area contributed by atoms with Crippen LogP contribution >= 0.6 is 0 Å². The molecule has 1 aromatic carbocycles. The topological polar surface area (TPSA) is 107 Å². The monoisotopic (exact) mass is 358 g/mol. The van der Waals surface area contributed by atoms with Crippen molar-refractivity contribution in [3.05, 3.63) is 62.8 Å². The van der Waals surface area contributed by atoms with Crippen molar-refractivity contribution in [2.45, 2.75) is 31.8 Å². The fourth-order valence-corrected chi connectivity index (χ4v) is 3.30. The lowest BCUT2D eigenvalue weighted by Crippen LogP contribution is -2.44. The van der Waals surface area contributed by atoms with Gasteiger partial charge >= 0.3 is 11.8 Å². The number of aromatic amines is 1. The van der Waals surface area contributed by atoms with Gasteiger partial charge in [0, 0.05) is 31.2 Å². The lowest BCUT2D eigenvalue weighted by molar-refractivity contribution is 0.124. The standard InChI is InChI=1S/C18H22N4O4/c1-12(13-5-3-2-4-6-13)19-15-11-16(23)22(17(24)20-15)14-7-9-21(10-8-14)18(25)26/h2-6,11-12,14,19H,7-10H2,1H3,(H,20,24)(H,25,26)/t12-/m0/s1. The molecule has 0 radical (unpaired) electrons. The van der Waals surface area contributed by atoms with Gasteiger partial charge in [-0.3, -0.25) is 14.3 Å². The molecule has 3 N–H and O–H groups in total. The number of aromatic nitrogens is 2. The number of piperidine rings is 1. The molecule has 1 amide bonds. The molecule has 8 nitrogen and oxygen atoms in total. The number of hydrogen-bond acceptors (Lipinski definition) is 4. The molecular formula is C18H22N4O4. The van der Waals surface area contributed by atoms with Crippen molar-refractivity contribution < 1.29 is 9.90 Å². The predicted octanol–water partition coefficient (Wildman–Crippen LogP) is 2.02. The van der Waals surface area contributed by atoms with E-state index in [1.54, 1.807) is 0 Å². The number of carboxylic acid groups (broad SMARTS) is 1. The van der Waals surface area contributed by atoms with E-state index in [1.807, 2.05) is 37.3 Å². The summed E-state index contributed by atoms with van der Waals surface area (Å²) in [6.07, 6.45) is -0.0792. The molecule has 2 heterocycles. The molecule has 0 bridgehead atoms. The third-order valence-corrected chi connectivity index (χ3v) is 4.74. The summed E-state index contributed by atoms with van der Waals surface area (Å²) in [6.45, 7) is 2.58. The number of amides is 1. The summed E-state index contributed by atoms with van der Waals surface area (Å²) < 4.78 is 1.19. The van der Waals surface area contributed by atoms with Crippen LogP contribution in [0.1, 0.15) is 37.4 Å². The number of H-pyrrole nitrogens is 1. The van der Waals surface area contributed by atoms with E-state index in [-0.39, 0.29) is 17.6 Å². The highest BCUT2D eigenvalue weighted by Crippen LogP contribution is 2.20. The Labute approximate surface area is 150 Å².